The molecule has 2 aromatic rings. The first-order valence-corrected chi connectivity index (χ1v) is 28.5. The first kappa shape index (κ1) is 72.6. The number of hydrogen-bond acceptors (Lipinski definition) is 17. The SMILES string of the molecule is N=C(N)NCCC[C@H](NC(=O)[C@H](CCCNC(=N)N)NC(=O)[C@H](Cc1ccc(O)cc1)NC(=O)[C@H](CCCCN)NC(=O)[C@H](Cc1ccc(O)cc1)NC(=O)[C@H](CCCCN)NC(=O)[C@H](CCCCN)NC(=O)[C@@H](N)CCCNC(=N)N)C(=O)O. The summed E-state index contributed by atoms with van der Waals surface area (Å²) < 4.78 is 0. The van der Waals surface area contributed by atoms with Crippen LogP contribution in [0.2, 0.25) is 0 Å². The van der Waals surface area contributed by atoms with Crippen LogP contribution in [0.1, 0.15) is 107 Å². The molecular weight excluding hydrogens is 1100 g/mol. The van der Waals surface area contributed by atoms with E-state index in [2.05, 4.69) is 53.2 Å². The minimum Gasteiger partial charge on any atom is -0.508 e. The maximum Gasteiger partial charge on any atom is 0.326 e. The Bertz CT molecular complexity index is 2460. The number of carbonyl (C=O) groups excluding carboxylic acids is 7. The van der Waals surface area contributed by atoms with Crippen molar-refractivity contribution in [2.45, 2.75) is 157 Å². The van der Waals surface area contributed by atoms with E-state index in [0.29, 0.717) is 56.2 Å². The molecule has 0 spiro atoms. The van der Waals surface area contributed by atoms with Gasteiger partial charge in [0.25, 0.3) is 0 Å². The molecule has 0 aromatic heterocycles. The fourth-order valence-corrected chi connectivity index (χ4v) is 8.61. The van der Waals surface area contributed by atoms with Gasteiger partial charge in [0, 0.05) is 32.5 Å². The van der Waals surface area contributed by atoms with Crippen LogP contribution in [0.15, 0.2) is 48.5 Å². The minimum absolute atomic E-state index is 0.0388. The number of phenols is 2. The topological polar surface area (TPSA) is 571 Å². The second kappa shape index (κ2) is 40.6. The Kier molecular flexibility index (Phi) is 34.7. The third-order valence-electron chi connectivity index (χ3n) is 13.3. The van der Waals surface area contributed by atoms with Crippen LogP contribution in [0.4, 0.5) is 0 Å². The molecule has 31 nitrogen and oxygen atoms in total. The average molecular weight is 1200 g/mol. The molecule has 0 fully saturated rings. The summed E-state index contributed by atoms with van der Waals surface area (Å²) in [6.45, 7) is 1.26. The van der Waals surface area contributed by atoms with Crippen LogP contribution in [0.3, 0.4) is 0 Å². The van der Waals surface area contributed by atoms with Crippen molar-refractivity contribution in [2.24, 2.45) is 40.1 Å². The van der Waals surface area contributed by atoms with Gasteiger partial charge in [0.1, 0.15) is 53.8 Å². The number of nitrogens with two attached hydrogens (primary N) is 7. The summed E-state index contributed by atoms with van der Waals surface area (Å²) in [7, 11) is 0. The molecule has 2 aromatic carbocycles. The van der Waals surface area contributed by atoms with Gasteiger partial charge in [-0.1, -0.05) is 24.3 Å². The van der Waals surface area contributed by atoms with E-state index >= 15 is 0 Å². The molecule has 7 amide bonds. The lowest BCUT2D eigenvalue weighted by molar-refractivity contribution is -0.142. The van der Waals surface area contributed by atoms with Crippen LogP contribution in [0, 0.1) is 16.2 Å². The molecule has 474 valence electrons. The lowest BCUT2D eigenvalue weighted by atomic mass is 10.0. The largest absolute Gasteiger partial charge is 0.508 e. The molecular formula is C54H92N20O11. The zero-order valence-corrected chi connectivity index (χ0v) is 48.2. The Morgan fingerprint density at radius 1 is 0.376 bits per heavy atom. The number of aromatic hydroxyl groups is 2. The number of nitrogens with one attached hydrogen (secondary N) is 13. The minimum atomic E-state index is -1.50. The Balaban J connectivity index is 2.59. The molecule has 2 rings (SSSR count). The highest BCUT2D eigenvalue weighted by Gasteiger charge is 2.35. The van der Waals surface area contributed by atoms with Crippen LogP contribution >= 0.6 is 0 Å². The van der Waals surface area contributed by atoms with Gasteiger partial charge < -0.3 is 109 Å². The van der Waals surface area contributed by atoms with Crippen molar-refractivity contribution in [2.75, 3.05) is 39.3 Å². The number of amides is 7. The van der Waals surface area contributed by atoms with Gasteiger partial charge in [-0.05, 0) is 151 Å². The number of carboxylic acid groups (broad SMARTS) is 1. The summed E-state index contributed by atoms with van der Waals surface area (Å²) in [6, 6.07) is 0.778. The smallest absolute Gasteiger partial charge is 0.326 e. The van der Waals surface area contributed by atoms with Gasteiger partial charge in [0.2, 0.25) is 41.4 Å². The number of carboxylic acids is 1. The molecule has 0 aliphatic heterocycles. The van der Waals surface area contributed by atoms with Gasteiger partial charge in [-0.15, -0.1) is 0 Å². The number of hydrogen-bond donors (Lipinski definition) is 23. The second-order valence-electron chi connectivity index (χ2n) is 20.4. The zero-order valence-electron chi connectivity index (χ0n) is 48.2. The zero-order chi connectivity index (χ0) is 63.3. The first-order valence-electron chi connectivity index (χ1n) is 28.5. The van der Waals surface area contributed by atoms with Crippen molar-refractivity contribution in [3.8, 4) is 11.5 Å². The summed E-state index contributed by atoms with van der Waals surface area (Å²) in [5, 5.41) is 78.9. The number of benzene rings is 2. The molecule has 0 saturated carbocycles. The van der Waals surface area contributed by atoms with E-state index in [9.17, 15) is 53.7 Å². The summed E-state index contributed by atoms with van der Waals surface area (Å²) in [4.78, 5) is 112. The van der Waals surface area contributed by atoms with Gasteiger partial charge >= 0.3 is 5.97 Å². The highest BCUT2D eigenvalue weighted by Crippen LogP contribution is 2.16. The van der Waals surface area contributed by atoms with Crippen molar-refractivity contribution < 1.29 is 53.7 Å². The Hall–Kier alpha value is -8.55. The van der Waals surface area contributed by atoms with Crippen LogP contribution in [-0.4, -0.2) is 168 Å². The molecule has 30 N–H and O–H groups in total. The first-order chi connectivity index (χ1) is 40.5. The van der Waals surface area contributed by atoms with Crippen molar-refractivity contribution >= 4 is 65.2 Å². The predicted molar refractivity (Wildman–Crippen MR) is 319 cm³/mol. The Morgan fingerprint density at radius 3 is 0.941 bits per heavy atom. The van der Waals surface area contributed by atoms with Crippen molar-refractivity contribution in [1.82, 2.24) is 53.2 Å². The number of aliphatic carboxylic acids is 1. The van der Waals surface area contributed by atoms with E-state index in [4.69, 9.17) is 56.4 Å². The maximum absolute atomic E-state index is 14.7. The van der Waals surface area contributed by atoms with Crippen molar-refractivity contribution in [3.05, 3.63) is 59.7 Å². The lowest BCUT2D eigenvalue weighted by Gasteiger charge is -2.28. The number of guanidine groups is 3. The molecule has 0 bridgehead atoms. The van der Waals surface area contributed by atoms with Crippen molar-refractivity contribution in [1.29, 1.82) is 16.2 Å². The summed E-state index contributed by atoms with van der Waals surface area (Å²) in [6.07, 6.45) is 2.80. The van der Waals surface area contributed by atoms with E-state index < -0.39 is 95.7 Å². The molecule has 8 atom stereocenters. The molecule has 0 unspecified atom stereocenters. The van der Waals surface area contributed by atoms with Crippen LogP contribution in [0.25, 0.3) is 0 Å². The number of carbonyl (C=O) groups is 8. The molecule has 0 saturated heterocycles. The second-order valence-corrected chi connectivity index (χ2v) is 20.4. The Labute approximate surface area is 494 Å². The Morgan fingerprint density at radius 2 is 0.635 bits per heavy atom. The van der Waals surface area contributed by atoms with E-state index in [1.165, 1.54) is 48.5 Å². The van der Waals surface area contributed by atoms with E-state index in [0.717, 1.165) is 0 Å². The average Bonchev–Trinajstić information content (AvgIpc) is 3.63. The maximum atomic E-state index is 14.7. The van der Waals surface area contributed by atoms with E-state index in [-0.39, 0.29) is 133 Å². The summed E-state index contributed by atoms with van der Waals surface area (Å²) in [5.41, 5.74) is 40.6. The molecule has 31 heteroatoms. The number of phenolic OH excluding ortho intramolecular Hbond substituents is 2. The lowest BCUT2D eigenvalue weighted by Crippen LogP contribution is -2.60. The predicted octanol–water partition coefficient (Wildman–Crippen LogP) is -4.13. The fraction of sp³-hybridized carbons (Fsp3) is 0.574. The van der Waals surface area contributed by atoms with Crippen LogP contribution in [-0.2, 0) is 51.2 Å². The molecule has 85 heavy (non-hydrogen) atoms. The molecule has 0 aliphatic rings. The third-order valence-corrected chi connectivity index (χ3v) is 13.3. The third kappa shape index (κ3) is 30.5. The van der Waals surface area contributed by atoms with E-state index in [1.807, 2.05) is 0 Å². The summed E-state index contributed by atoms with van der Waals surface area (Å²) >= 11 is 0. The molecule has 0 radical (unpaired) electrons. The standard InChI is InChI=1S/C54H92N20O11/c55-24-4-1-11-37(68-44(77)36(58)10-7-27-65-52(59)60)45(78)69-38(12-2-5-25-56)47(80)73-42(30-32-16-20-34(75)21-17-32)49(82)70-39(13-3-6-26-57)48(81)74-43(31-33-18-22-35(76)23-19-33)50(83)71-40(14-8-28-66-53(61)62)46(79)72-41(51(84)85)15-9-29-67-54(63)64/h16-23,36-43,75-76H,1-15,24-31,55-58H2,(H,68,77)(H,69,78)(H,70,82)(H,71,83)(H,72,79)(H,73,80)(H,74,81)(H,84,85)(H4,59,60,65)(H4,61,62,66)(H4,63,64,67)/t36-,37-,38-,39-,40-,41-,42-,43-/m0/s1. The van der Waals surface area contributed by atoms with Crippen LogP contribution < -0.4 is 93.3 Å². The van der Waals surface area contributed by atoms with Crippen molar-refractivity contribution in [3.63, 3.8) is 0 Å². The monoisotopic (exact) mass is 1200 g/mol. The molecule has 0 aliphatic carbocycles. The molecule has 0 heterocycles. The van der Waals surface area contributed by atoms with Gasteiger partial charge in [-0.25, -0.2) is 4.79 Å². The van der Waals surface area contributed by atoms with Gasteiger partial charge in [0.05, 0.1) is 6.04 Å². The number of rotatable bonds is 43. The van der Waals surface area contributed by atoms with Gasteiger partial charge in [-0.2, -0.15) is 0 Å². The highest BCUT2D eigenvalue weighted by atomic mass is 16.4. The van der Waals surface area contributed by atoms with Crippen LogP contribution in [0.5, 0.6) is 11.5 Å². The number of unbranched alkanes of at least 4 members (excludes halogenated alkanes) is 3. The fourth-order valence-electron chi connectivity index (χ4n) is 8.61. The van der Waals surface area contributed by atoms with E-state index in [1.54, 1.807) is 0 Å². The summed E-state index contributed by atoms with van der Waals surface area (Å²) in [5.74, 6) is -8.23. The highest BCUT2D eigenvalue weighted by molar-refractivity contribution is 5.98. The van der Waals surface area contributed by atoms with Gasteiger partial charge in [-0.3, -0.25) is 49.8 Å². The normalized spacial score (nSPS) is 13.7. The van der Waals surface area contributed by atoms with Gasteiger partial charge in [0.15, 0.2) is 17.9 Å². The quantitative estimate of drug-likeness (QED) is 0.0170.